The van der Waals surface area contributed by atoms with E-state index in [0.29, 0.717) is 37.2 Å². The zero-order chi connectivity index (χ0) is 42.2. The van der Waals surface area contributed by atoms with Crippen LogP contribution >= 0.6 is 0 Å². The standard InChI is InChI=1S/C46H50N12O3/c1-26(2)38(55-45-47-18-6-19-48-45)43(60)57-22-5-8-36(57)41-51-32-15-13-30(24-34(32)53-41)28-9-11-29(12-10-28)31-14-16-33-35(25-31)54-42(52-33)40-37(59)17-23-58(40)44(61)39(27(3)4)56-46-49-20-7-21-50-46/h6-7,9-16,18-21,24-27,36-40,59H,5,8,17,22-23H2,1-4H3,(H,51,53)(H,52,54)(H,47,48,55)(H,49,50,56)/t36-,37+,38-,39-,40-/m0/s1. The van der Waals surface area contributed by atoms with Gasteiger partial charge >= 0.3 is 0 Å². The molecule has 9 rings (SSSR count). The second-order valence-electron chi connectivity index (χ2n) is 16.7. The van der Waals surface area contributed by atoms with Crippen LogP contribution in [-0.2, 0) is 9.59 Å². The summed E-state index contributed by atoms with van der Waals surface area (Å²) < 4.78 is 0. The van der Waals surface area contributed by atoms with Crippen molar-refractivity contribution in [1.82, 2.24) is 49.7 Å². The molecule has 5 atom stereocenters. The predicted molar refractivity (Wildman–Crippen MR) is 234 cm³/mol. The first-order valence-corrected chi connectivity index (χ1v) is 21.1. The highest BCUT2D eigenvalue weighted by molar-refractivity contribution is 5.88. The third-order valence-corrected chi connectivity index (χ3v) is 11.9. The van der Waals surface area contributed by atoms with Crippen LogP contribution in [-0.4, -0.2) is 97.9 Å². The van der Waals surface area contributed by atoms with Crippen molar-refractivity contribution in [2.24, 2.45) is 11.8 Å². The highest BCUT2D eigenvalue weighted by Crippen LogP contribution is 2.36. The van der Waals surface area contributed by atoms with Gasteiger partial charge in [-0.1, -0.05) is 64.1 Å². The number of aliphatic hydroxyl groups excluding tert-OH is 1. The lowest BCUT2D eigenvalue weighted by Gasteiger charge is -2.30. The number of rotatable bonds is 12. The second kappa shape index (κ2) is 16.7. The Kier molecular flexibility index (Phi) is 10.9. The molecule has 0 aliphatic carbocycles. The summed E-state index contributed by atoms with van der Waals surface area (Å²) in [5.74, 6) is 2.05. The molecule has 2 aliphatic heterocycles. The molecule has 6 heterocycles. The van der Waals surface area contributed by atoms with Crippen molar-refractivity contribution in [1.29, 1.82) is 0 Å². The molecule has 0 saturated carbocycles. The van der Waals surface area contributed by atoms with E-state index in [2.05, 4.69) is 83.0 Å². The smallest absolute Gasteiger partial charge is 0.246 e. The van der Waals surface area contributed by atoms with Crippen LogP contribution in [0.1, 0.15) is 70.7 Å². The van der Waals surface area contributed by atoms with Gasteiger partial charge in [0.15, 0.2) is 0 Å². The summed E-state index contributed by atoms with van der Waals surface area (Å²) in [5, 5.41) is 17.6. The van der Waals surface area contributed by atoms with Gasteiger partial charge in [0, 0.05) is 37.9 Å². The molecule has 3 aromatic carbocycles. The molecule has 15 nitrogen and oxygen atoms in total. The number of benzene rings is 3. The average Bonchev–Trinajstić information content (AvgIpc) is 4.10. The number of hydrogen-bond donors (Lipinski definition) is 5. The van der Waals surface area contributed by atoms with Crippen molar-refractivity contribution < 1.29 is 14.7 Å². The fourth-order valence-electron chi connectivity index (χ4n) is 8.65. The first-order chi connectivity index (χ1) is 29.6. The van der Waals surface area contributed by atoms with Gasteiger partial charge in [0.2, 0.25) is 23.7 Å². The summed E-state index contributed by atoms with van der Waals surface area (Å²) in [6, 6.07) is 22.4. The van der Waals surface area contributed by atoms with Gasteiger partial charge in [0.1, 0.15) is 29.8 Å². The zero-order valence-electron chi connectivity index (χ0n) is 34.7. The molecule has 0 bridgehead atoms. The Bertz CT molecular complexity index is 2650. The summed E-state index contributed by atoms with van der Waals surface area (Å²) in [4.78, 5) is 65.5. The Labute approximate surface area is 353 Å². The number of carbonyl (C=O) groups excluding carboxylic acids is 2. The third kappa shape index (κ3) is 8.00. The van der Waals surface area contributed by atoms with E-state index in [9.17, 15) is 14.7 Å². The highest BCUT2D eigenvalue weighted by atomic mass is 16.3. The Balaban J connectivity index is 0.905. The maximum Gasteiger partial charge on any atom is 0.246 e. The number of likely N-dealkylation sites (tertiary alicyclic amines) is 2. The Hall–Kier alpha value is -6.74. The van der Waals surface area contributed by atoms with E-state index in [4.69, 9.17) is 9.97 Å². The number of carbonyl (C=O) groups is 2. The molecule has 61 heavy (non-hydrogen) atoms. The number of aromatic amines is 2. The number of amides is 2. The number of fused-ring (bicyclic) bond motifs is 2. The Morgan fingerprint density at radius 2 is 1.11 bits per heavy atom. The van der Waals surface area contributed by atoms with Crippen molar-refractivity contribution in [3.63, 3.8) is 0 Å². The van der Waals surface area contributed by atoms with Crippen LogP contribution in [0, 0.1) is 11.8 Å². The number of hydrogen-bond acceptors (Lipinski definition) is 11. The van der Waals surface area contributed by atoms with Crippen molar-refractivity contribution in [3.05, 3.63) is 109 Å². The second-order valence-corrected chi connectivity index (χ2v) is 16.7. The molecule has 0 unspecified atom stereocenters. The van der Waals surface area contributed by atoms with Crippen molar-refractivity contribution >= 4 is 45.8 Å². The molecule has 312 valence electrons. The summed E-state index contributed by atoms with van der Waals surface area (Å²) >= 11 is 0. The van der Waals surface area contributed by atoms with E-state index >= 15 is 0 Å². The predicted octanol–water partition coefficient (Wildman–Crippen LogP) is 6.92. The SMILES string of the molecule is CC(C)[C@H](Nc1ncccn1)C(=O)N1CC[C@@H](O)[C@H]1c1nc2ccc(-c3ccc(-c4ccc5nc([C@@H]6CCCN6C(=O)[C@@H](Nc6ncccn6)C(C)C)[nH]c5c4)cc3)cc2[nH]1. The van der Waals surface area contributed by atoms with Crippen LogP contribution in [0.2, 0.25) is 0 Å². The van der Waals surface area contributed by atoms with Crippen LogP contribution < -0.4 is 10.6 Å². The number of imidazole rings is 2. The zero-order valence-corrected chi connectivity index (χ0v) is 34.7. The van der Waals surface area contributed by atoms with E-state index in [1.807, 2.05) is 50.8 Å². The van der Waals surface area contributed by atoms with Gasteiger partial charge in [-0.25, -0.2) is 29.9 Å². The van der Waals surface area contributed by atoms with E-state index in [0.717, 1.165) is 63.0 Å². The fraction of sp³-hybridized carbons (Fsp3) is 0.348. The van der Waals surface area contributed by atoms with Gasteiger partial charge in [0.25, 0.3) is 0 Å². The summed E-state index contributed by atoms with van der Waals surface area (Å²) in [7, 11) is 0. The van der Waals surface area contributed by atoms with Crippen molar-refractivity contribution in [3.8, 4) is 22.3 Å². The number of aromatic nitrogens is 8. The molecule has 2 fully saturated rings. The first kappa shape index (κ1) is 39.7. The minimum Gasteiger partial charge on any atom is -0.390 e. The molecule has 7 aromatic rings. The van der Waals surface area contributed by atoms with E-state index < -0.39 is 24.2 Å². The normalized spacial score (nSPS) is 19.0. The van der Waals surface area contributed by atoms with Gasteiger partial charge in [-0.2, -0.15) is 0 Å². The van der Waals surface area contributed by atoms with Crippen LogP contribution in [0.15, 0.2) is 97.6 Å². The van der Waals surface area contributed by atoms with Gasteiger partial charge < -0.3 is 35.5 Å². The van der Waals surface area contributed by atoms with Crippen molar-refractivity contribution in [2.45, 2.75) is 77.2 Å². The van der Waals surface area contributed by atoms with Crippen LogP contribution in [0.4, 0.5) is 11.9 Å². The molecule has 5 N–H and O–H groups in total. The summed E-state index contributed by atoms with van der Waals surface area (Å²) in [5.41, 5.74) is 7.52. The largest absolute Gasteiger partial charge is 0.390 e. The lowest BCUT2D eigenvalue weighted by Crippen LogP contribution is -2.46. The number of aliphatic hydroxyl groups is 1. The summed E-state index contributed by atoms with van der Waals surface area (Å²) in [6.45, 7) is 9.09. The van der Waals surface area contributed by atoms with Gasteiger partial charge in [0.05, 0.1) is 34.2 Å². The van der Waals surface area contributed by atoms with E-state index in [1.165, 1.54) is 0 Å². The number of anilines is 2. The lowest BCUT2D eigenvalue weighted by atomic mass is 10.00. The van der Waals surface area contributed by atoms with Gasteiger partial charge in [-0.15, -0.1) is 0 Å². The van der Waals surface area contributed by atoms with Gasteiger partial charge in [-0.05, 0) is 89.8 Å². The average molecular weight is 819 g/mol. The summed E-state index contributed by atoms with van der Waals surface area (Å²) in [6.07, 6.45) is 8.03. The number of nitrogens with zero attached hydrogens (tertiary/aromatic N) is 8. The minimum absolute atomic E-state index is 0.0213. The first-order valence-electron chi connectivity index (χ1n) is 21.1. The van der Waals surface area contributed by atoms with E-state index in [-0.39, 0.29) is 29.7 Å². The molecule has 2 amide bonds. The van der Waals surface area contributed by atoms with Gasteiger partial charge in [-0.3, -0.25) is 9.59 Å². The van der Waals surface area contributed by atoms with Crippen LogP contribution in [0.3, 0.4) is 0 Å². The molecule has 2 aliphatic rings. The minimum atomic E-state index is -0.757. The Morgan fingerprint density at radius 3 is 1.64 bits per heavy atom. The van der Waals surface area contributed by atoms with Crippen LogP contribution in [0.5, 0.6) is 0 Å². The maximum absolute atomic E-state index is 14.0. The molecule has 0 spiro atoms. The molecule has 2 saturated heterocycles. The van der Waals surface area contributed by atoms with Crippen LogP contribution in [0.25, 0.3) is 44.3 Å². The number of nitrogens with one attached hydrogen (secondary N) is 4. The van der Waals surface area contributed by atoms with Crippen molar-refractivity contribution in [2.75, 3.05) is 23.7 Å². The quantitative estimate of drug-likeness (QED) is 0.0859. The lowest BCUT2D eigenvalue weighted by molar-refractivity contribution is -0.135. The van der Waals surface area contributed by atoms with E-state index in [1.54, 1.807) is 41.8 Å². The third-order valence-electron chi connectivity index (χ3n) is 11.9. The fourth-order valence-corrected chi connectivity index (χ4v) is 8.65. The molecular formula is C46H50N12O3. The maximum atomic E-state index is 14.0. The number of H-pyrrole nitrogens is 2. The molecular weight excluding hydrogens is 769 g/mol. The highest BCUT2D eigenvalue weighted by Gasteiger charge is 2.42. The monoisotopic (exact) mass is 818 g/mol. The molecule has 15 heteroatoms. The topological polar surface area (TPSA) is 194 Å². The Morgan fingerprint density at radius 1 is 0.639 bits per heavy atom. The molecule has 0 radical (unpaired) electrons. The molecule has 4 aromatic heterocycles.